The SMILES string of the molecule is CO[C@]1(C)C[C@H](O[C@H]2[C@H](C)[C@@H](O[C@@H]3O[C@H](C)C[C@H]4[C@H]3OC(=NC(C)C)N4C)[C@](C)(O)C[C@@H](C)CN(C)C(=O)CCNC(=O)[C@@H]2C)O[C@@H](C)[C@@H]1O. The zero-order valence-corrected chi connectivity index (χ0v) is 32.3. The Balaban J connectivity index is 1.75. The van der Waals surface area contributed by atoms with Crippen LogP contribution in [0.1, 0.15) is 88.0 Å². The van der Waals surface area contributed by atoms with Gasteiger partial charge < -0.3 is 53.8 Å². The van der Waals surface area contributed by atoms with E-state index in [0.717, 1.165) is 0 Å². The van der Waals surface area contributed by atoms with E-state index in [1.165, 1.54) is 7.11 Å². The highest BCUT2D eigenvalue weighted by Crippen LogP contribution is 2.40. The third-order valence-corrected chi connectivity index (χ3v) is 11.0. The van der Waals surface area contributed by atoms with Gasteiger partial charge in [0.15, 0.2) is 18.7 Å². The standard InChI is InChI=1S/C36H64N4O10/c1-19(2)38-34-40(11)25-15-21(4)46-33(29(25)49-34)50-31-22(5)28(48-27-17-36(9,45-12)30(42)24(7)47-27)23(6)32(43)37-14-13-26(41)39(10)18-20(3)16-35(31,8)44/h19-25,27-31,33,42,44H,13-18H2,1-12H3,(H,37,43)/t20-,21-,22+,23-,24+,25+,27+,28+,29-,30+,31-,33+,35-,36-/m1/s1. The maximum atomic E-state index is 13.7. The molecule has 3 N–H and O–H groups in total. The average Bonchev–Trinajstić information content (AvgIpc) is 3.33. The van der Waals surface area contributed by atoms with Crippen molar-refractivity contribution in [1.29, 1.82) is 0 Å². The smallest absolute Gasteiger partial charge is 0.288 e. The van der Waals surface area contributed by atoms with Gasteiger partial charge in [-0.15, -0.1) is 0 Å². The quantitative estimate of drug-likeness (QED) is 0.371. The number of carbonyl (C=O) groups is 2. The Morgan fingerprint density at radius 1 is 1.04 bits per heavy atom. The summed E-state index contributed by atoms with van der Waals surface area (Å²) in [6, 6.07) is 0.478. The highest BCUT2D eigenvalue weighted by molar-refractivity contribution is 5.80. The molecule has 0 spiro atoms. The molecule has 4 aliphatic rings. The molecule has 0 aromatic rings. The number of aliphatic imine (C=N–C) groups is 1. The molecule has 4 saturated heterocycles. The minimum absolute atomic E-state index is 0.0218. The number of ether oxygens (including phenoxy) is 6. The monoisotopic (exact) mass is 712 g/mol. The summed E-state index contributed by atoms with van der Waals surface area (Å²) in [4.78, 5) is 35.1. The number of hydrogen-bond donors (Lipinski definition) is 3. The van der Waals surface area contributed by atoms with Gasteiger partial charge >= 0.3 is 0 Å². The van der Waals surface area contributed by atoms with E-state index in [9.17, 15) is 19.8 Å². The molecule has 2 amide bonds. The number of amidine groups is 1. The van der Waals surface area contributed by atoms with Gasteiger partial charge in [-0.05, 0) is 60.3 Å². The predicted molar refractivity (Wildman–Crippen MR) is 186 cm³/mol. The average molecular weight is 713 g/mol. The van der Waals surface area contributed by atoms with Crippen LogP contribution < -0.4 is 5.32 Å². The Morgan fingerprint density at radius 2 is 1.72 bits per heavy atom. The summed E-state index contributed by atoms with van der Waals surface area (Å²) in [6.07, 6.45) is -4.31. The number of methoxy groups -OCH3 is 1. The second-order valence-electron chi connectivity index (χ2n) is 16.0. The Labute approximate surface area is 298 Å². The first-order valence-corrected chi connectivity index (χ1v) is 18.3. The van der Waals surface area contributed by atoms with Crippen molar-refractivity contribution >= 4 is 17.8 Å². The summed E-state index contributed by atoms with van der Waals surface area (Å²) in [5.41, 5.74) is -2.43. The Bertz CT molecular complexity index is 1200. The number of nitrogens with one attached hydrogen (secondary N) is 1. The molecule has 14 nitrogen and oxygen atoms in total. The molecule has 288 valence electrons. The molecular weight excluding hydrogens is 648 g/mol. The molecule has 0 bridgehead atoms. The predicted octanol–water partition coefficient (Wildman–Crippen LogP) is 2.28. The fraction of sp³-hybridized carbons (Fsp3) is 0.917. The highest BCUT2D eigenvalue weighted by atomic mass is 16.7. The second kappa shape index (κ2) is 16.3. The molecule has 14 atom stereocenters. The van der Waals surface area contributed by atoms with Crippen molar-refractivity contribution in [2.45, 2.75) is 160 Å². The largest absolute Gasteiger partial charge is 0.454 e. The van der Waals surface area contributed by atoms with Crippen LogP contribution >= 0.6 is 0 Å². The van der Waals surface area contributed by atoms with Gasteiger partial charge in [-0.2, -0.15) is 0 Å². The molecule has 0 radical (unpaired) electrons. The van der Waals surface area contributed by atoms with Crippen molar-refractivity contribution in [3.05, 3.63) is 0 Å². The van der Waals surface area contributed by atoms with Gasteiger partial charge in [0, 0.05) is 59.1 Å². The first kappa shape index (κ1) is 40.7. The zero-order chi connectivity index (χ0) is 37.3. The van der Waals surface area contributed by atoms with E-state index < -0.39 is 66.1 Å². The number of aliphatic hydroxyl groups is 2. The molecule has 50 heavy (non-hydrogen) atoms. The van der Waals surface area contributed by atoms with Crippen molar-refractivity contribution in [3.8, 4) is 0 Å². The number of amides is 2. The summed E-state index contributed by atoms with van der Waals surface area (Å²) in [5.74, 6) is -1.86. The summed E-state index contributed by atoms with van der Waals surface area (Å²) in [6.45, 7) is 17.5. The van der Waals surface area contributed by atoms with Gasteiger partial charge in [0.25, 0.3) is 6.02 Å². The van der Waals surface area contributed by atoms with Crippen LogP contribution in [0, 0.1) is 17.8 Å². The number of nitrogens with zero attached hydrogens (tertiary/aromatic N) is 3. The lowest BCUT2D eigenvalue weighted by atomic mass is 9.77. The van der Waals surface area contributed by atoms with Crippen LogP contribution in [0.25, 0.3) is 0 Å². The highest BCUT2D eigenvalue weighted by Gasteiger charge is 2.53. The maximum absolute atomic E-state index is 13.7. The fourth-order valence-corrected chi connectivity index (χ4v) is 8.20. The van der Waals surface area contributed by atoms with E-state index in [-0.39, 0.29) is 61.7 Å². The Morgan fingerprint density at radius 3 is 2.36 bits per heavy atom. The molecule has 0 aromatic carbocycles. The third-order valence-electron chi connectivity index (χ3n) is 11.0. The molecule has 0 saturated carbocycles. The molecule has 14 heteroatoms. The number of hydrogen-bond acceptors (Lipinski definition) is 11. The van der Waals surface area contributed by atoms with E-state index in [4.69, 9.17) is 28.4 Å². The lowest BCUT2D eigenvalue weighted by molar-refractivity contribution is -0.313. The van der Waals surface area contributed by atoms with Gasteiger partial charge in [-0.3, -0.25) is 9.59 Å². The van der Waals surface area contributed by atoms with Crippen LogP contribution in [-0.4, -0.2) is 145 Å². The van der Waals surface area contributed by atoms with Gasteiger partial charge in [0.2, 0.25) is 11.8 Å². The number of fused-ring (bicyclic) bond motifs is 1. The molecule has 4 fully saturated rings. The Kier molecular flexibility index (Phi) is 13.3. The molecule has 0 unspecified atom stereocenters. The van der Waals surface area contributed by atoms with Crippen molar-refractivity contribution < 1.29 is 48.2 Å². The van der Waals surface area contributed by atoms with E-state index in [1.54, 1.807) is 39.6 Å². The third kappa shape index (κ3) is 9.10. The maximum Gasteiger partial charge on any atom is 0.288 e. The molecule has 4 aliphatic heterocycles. The van der Waals surface area contributed by atoms with Gasteiger partial charge in [-0.25, -0.2) is 4.99 Å². The first-order chi connectivity index (χ1) is 23.3. The minimum atomic E-state index is -1.47. The van der Waals surface area contributed by atoms with E-state index in [0.29, 0.717) is 19.0 Å². The van der Waals surface area contributed by atoms with Crippen LogP contribution in [0.5, 0.6) is 0 Å². The summed E-state index contributed by atoms with van der Waals surface area (Å²) in [7, 11) is 5.24. The lowest BCUT2D eigenvalue weighted by Gasteiger charge is -2.48. The van der Waals surface area contributed by atoms with Crippen molar-refractivity contribution in [3.63, 3.8) is 0 Å². The summed E-state index contributed by atoms with van der Waals surface area (Å²) < 4.78 is 38.4. The van der Waals surface area contributed by atoms with Crippen LogP contribution in [0.15, 0.2) is 4.99 Å². The van der Waals surface area contributed by atoms with Gasteiger partial charge in [0.1, 0.15) is 6.10 Å². The normalized spacial score (nSPS) is 44.9. The van der Waals surface area contributed by atoms with Crippen molar-refractivity contribution in [2.75, 3.05) is 34.3 Å². The van der Waals surface area contributed by atoms with Crippen LogP contribution in [-0.2, 0) is 38.0 Å². The number of aliphatic hydroxyl groups excluding tert-OH is 1. The van der Waals surface area contributed by atoms with Crippen LogP contribution in [0.4, 0.5) is 0 Å². The molecule has 0 aliphatic carbocycles. The molecular formula is C36H64N4O10. The van der Waals surface area contributed by atoms with E-state index in [1.807, 2.05) is 46.6 Å². The number of likely N-dealkylation sites (N-methyl/N-ethyl adjacent to an activating group) is 1. The number of carbonyl (C=O) groups excluding carboxylic acids is 2. The van der Waals surface area contributed by atoms with Gasteiger partial charge in [0.05, 0.1) is 47.6 Å². The summed E-state index contributed by atoms with van der Waals surface area (Å²) >= 11 is 0. The van der Waals surface area contributed by atoms with E-state index >= 15 is 0 Å². The topological polar surface area (TPSA) is 161 Å². The fourth-order valence-electron chi connectivity index (χ4n) is 8.20. The van der Waals surface area contributed by atoms with Crippen molar-refractivity contribution in [2.24, 2.45) is 22.7 Å². The van der Waals surface area contributed by atoms with Crippen molar-refractivity contribution in [1.82, 2.24) is 15.1 Å². The van der Waals surface area contributed by atoms with E-state index in [2.05, 4.69) is 10.3 Å². The van der Waals surface area contributed by atoms with Crippen LogP contribution in [0.2, 0.25) is 0 Å². The molecule has 4 heterocycles. The Hall–Kier alpha value is -2.07. The molecule has 0 aromatic heterocycles. The van der Waals surface area contributed by atoms with Crippen LogP contribution in [0.3, 0.4) is 0 Å². The van der Waals surface area contributed by atoms with Gasteiger partial charge in [-0.1, -0.05) is 20.8 Å². The second-order valence-corrected chi connectivity index (χ2v) is 16.0. The first-order valence-electron chi connectivity index (χ1n) is 18.3. The lowest BCUT2D eigenvalue weighted by Crippen LogP contribution is -2.60. The zero-order valence-electron chi connectivity index (χ0n) is 32.3. The number of rotatable bonds is 6. The minimum Gasteiger partial charge on any atom is -0.454 e. The molecule has 4 rings (SSSR count). The summed E-state index contributed by atoms with van der Waals surface area (Å²) in [5, 5.41) is 26.3.